The van der Waals surface area contributed by atoms with Gasteiger partial charge < -0.3 is 0 Å². The molecule has 80 valence electrons. The predicted molar refractivity (Wildman–Crippen MR) is 74.1 cm³/mol. The summed E-state index contributed by atoms with van der Waals surface area (Å²) in [6.07, 6.45) is 2.84. The predicted octanol–water partition coefficient (Wildman–Crippen LogP) is 4.33. The molecule has 14 heavy (non-hydrogen) atoms. The van der Waals surface area contributed by atoms with Crippen LogP contribution in [0.25, 0.3) is 0 Å². The van der Waals surface area contributed by atoms with Crippen LogP contribution in [0.2, 0.25) is 0 Å². The molecule has 4 unspecified atom stereocenters. The van der Waals surface area contributed by atoms with E-state index in [1.54, 1.807) is 0 Å². The van der Waals surface area contributed by atoms with Gasteiger partial charge in [0.05, 0.1) is 0 Å². The minimum absolute atomic E-state index is 0.709. The molecule has 8 atom stereocenters. The van der Waals surface area contributed by atoms with Gasteiger partial charge >= 0.3 is 0 Å². The van der Waals surface area contributed by atoms with Crippen molar-refractivity contribution in [1.82, 2.24) is 0 Å². The van der Waals surface area contributed by atoms with E-state index >= 15 is 0 Å². The van der Waals surface area contributed by atoms with Crippen molar-refractivity contribution in [3.05, 3.63) is 0 Å². The van der Waals surface area contributed by atoms with Crippen LogP contribution in [0.3, 0.4) is 0 Å². The Kier molecular flexibility index (Phi) is 2.92. The topological polar surface area (TPSA) is 0 Å². The van der Waals surface area contributed by atoms with Crippen molar-refractivity contribution >= 4 is 63.7 Å². The number of hydrogen-bond acceptors (Lipinski definition) is 0. The maximum Gasteiger partial charge on any atom is 0.0308 e. The molecule has 3 fully saturated rings. The molecule has 3 saturated carbocycles. The van der Waals surface area contributed by atoms with Crippen molar-refractivity contribution in [2.45, 2.75) is 32.2 Å². The van der Waals surface area contributed by atoms with E-state index in [1.165, 1.54) is 12.8 Å². The molecule has 3 rings (SSSR count). The van der Waals surface area contributed by atoms with E-state index < -0.39 is 0 Å². The minimum Gasteiger partial charge on any atom is -0.0875 e. The first kappa shape index (κ1) is 11.0. The van der Waals surface area contributed by atoms with E-state index in [9.17, 15) is 0 Å². The SMILES string of the molecule is Br[C@H]1C2CCC3C(C2[C@@H]1Br)[C@H](Br)[C@H]3Br. The van der Waals surface area contributed by atoms with Crippen LogP contribution in [0, 0.1) is 23.7 Å². The van der Waals surface area contributed by atoms with E-state index in [-0.39, 0.29) is 0 Å². The van der Waals surface area contributed by atoms with Crippen LogP contribution in [0.1, 0.15) is 12.8 Å². The Morgan fingerprint density at radius 1 is 0.571 bits per heavy atom. The molecular formula is C10H12Br4. The maximum absolute atomic E-state index is 3.83. The Labute approximate surface area is 118 Å². The highest BCUT2D eigenvalue weighted by molar-refractivity contribution is 9.12. The molecule has 0 aliphatic heterocycles. The normalized spacial score (nSPS) is 66.0. The largest absolute Gasteiger partial charge is 0.0875 e. The Hall–Kier alpha value is 1.92. The number of halogens is 4. The lowest BCUT2D eigenvalue weighted by Crippen LogP contribution is -2.65. The minimum atomic E-state index is 0.709. The lowest BCUT2D eigenvalue weighted by Gasteiger charge is -2.63. The molecule has 0 aromatic carbocycles. The average Bonchev–Trinajstić information content (AvgIpc) is 2.24. The number of alkyl halides is 4. The van der Waals surface area contributed by atoms with E-state index in [1.807, 2.05) is 0 Å². The molecule has 0 nitrogen and oxygen atoms in total. The van der Waals surface area contributed by atoms with Gasteiger partial charge in [0.15, 0.2) is 0 Å². The third kappa shape index (κ3) is 1.26. The number of fused-ring (bicyclic) bond motifs is 3. The quantitative estimate of drug-likeness (QED) is 0.481. The summed E-state index contributed by atoms with van der Waals surface area (Å²) in [5, 5.41) is 0. The van der Waals surface area contributed by atoms with Gasteiger partial charge in [-0.25, -0.2) is 0 Å². The Bertz CT molecular complexity index is 231. The number of hydrogen-bond donors (Lipinski definition) is 0. The fraction of sp³-hybridized carbons (Fsp3) is 1.00. The third-order valence-electron chi connectivity index (χ3n) is 4.43. The van der Waals surface area contributed by atoms with Crippen molar-refractivity contribution in [1.29, 1.82) is 0 Å². The van der Waals surface area contributed by atoms with Crippen molar-refractivity contribution in [2.75, 3.05) is 0 Å². The Morgan fingerprint density at radius 2 is 0.929 bits per heavy atom. The summed E-state index contributed by atoms with van der Waals surface area (Å²) >= 11 is 15.3. The maximum atomic E-state index is 3.83. The molecule has 4 heteroatoms. The number of rotatable bonds is 0. The van der Waals surface area contributed by atoms with Crippen molar-refractivity contribution in [3.63, 3.8) is 0 Å². The highest BCUT2D eigenvalue weighted by atomic mass is 79.9. The van der Waals surface area contributed by atoms with Gasteiger partial charge in [-0.1, -0.05) is 63.7 Å². The summed E-state index contributed by atoms with van der Waals surface area (Å²) in [6, 6.07) is 0. The zero-order valence-corrected chi connectivity index (χ0v) is 13.9. The molecule has 0 spiro atoms. The highest BCUT2D eigenvalue weighted by Crippen LogP contribution is 2.64. The van der Waals surface area contributed by atoms with Crippen LogP contribution in [-0.2, 0) is 0 Å². The second kappa shape index (κ2) is 3.71. The fourth-order valence-electron chi connectivity index (χ4n) is 3.59. The summed E-state index contributed by atoms with van der Waals surface area (Å²) < 4.78 is 0. The van der Waals surface area contributed by atoms with Crippen LogP contribution in [0.15, 0.2) is 0 Å². The zero-order chi connectivity index (χ0) is 10.0. The van der Waals surface area contributed by atoms with Gasteiger partial charge in [-0.3, -0.25) is 0 Å². The second-order valence-electron chi connectivity index (χ2n) is 4.84. The lowest BCUT2D eigenvalue weighted by atomic mass is 9.50. The Balaban J connectivity index is 1.80. The molecule has 3 aliphatic rings. The summed E-state index contributed by atoms with van der Waals surface area (Å²) in [5.41, 5.74) is 0. The average molecular weight is 452 g/mol. The first-order valence-electron chi connectivity index (χ1n) is 5.19. The molecule has 0 N–H and O–H groups in total. The van der Waals surface area contributed by atoms with E-state index in [0.717, 1.165) is 33.3 Å². The summed E-state index contributed by atoms with van der Waals surface area (Å²) in [4.78, 5) is 2.87. The first-order chi connectivity index (χ1) is 6.63. The van der Waals surface area contributed by atoms with Gasteiger partial charge in [-0.2, -0.15) is 0 Å². The van der Waals surface area contributed by atoms with E-state index in [2.05, 4.69) is 63.7 Å². The van der Waals surface area contributed by atoms with Crippen molar-refractivity contribution in [2.24, 2.45) is 23.7 Å². The lowest BCUT2D eigenvalue weighted by molar-refractivity contribution is -0.0171. The van der Waals surface area contributed by atoms with Gasteiger partial charge in [0.1, 0.15) is 0 Å². The molecule has 0 radical (unpaired) electrons. The second-order valence-corrected chi connectivity index (χ2v) is 9.07. The van der Waals surface area contributed by atoms with Crippen LogP contribution < -0.4 is 0 Å². The summed E-state index contributed by atoms with van der Waals surface area (Å²) in [5.74, 6) is 3.69. The van der Waals surface area contributed by atoms with Crippen molar-refractivity contribution in [3.8, 4) is 0 Å². The van der Waals surface area contributed by atoms with Gasteiger partial charge in [0.25, 0.3) is 0 Å². The monoisotopic (exact) mass is 448 g/mol. The molecule has 0 aromatic rings. The molecule has 3 aliphatic carbocycles. The molecule has 0 heterocycles. The molecule has 0 aromatic heterocycles. The summed E-state index contributed by atoms with van der Waals surface area (Å²) in [6.45, 7) is 0. The van der Waals surface area contributed by atoms with Gasteiger partial charge in [-0.15, -0.1) is 0 Å². The van der Waals surface area contributed by atoms with Gasteiger partial charge in [-0.05, 0) is 36.5 Å². The van der Waals surface area contributed by atoms with E-state index in [0.29, 0.717) is 9.65 Å². The highest BCUT2D eigenvalue weighted by Gasteiger charge is 2.63. The summed E-state index contributed by atoms with van der Waals surface area (Å²) in [7, 11) is 0. The Morgan fingerprint density at radius 3 is 1.29 bits per heavy atom. The molecular weight excluding hydrogens is 440 g/mol. The van der Waals surface area contributed by atoms with Crippen LogP contribution in [0.5, 0.6) is 0 Å². The van der Waals surface area contributed by atoms with Crippen molar-refractivity contribution < 1.29 is 0 Å². The molecule has 0 bridgehead atoms. The standard InChI is InChI=1S/C10H12Br4/c11-7-3-1-2-4-6(5(3)9(7)13)10(14)8(4)12/h3-10H,1-2H2/t3?,4?,5?,6?,7-,8-,9-,10-/m0/s1. The van der Waals surface area contributed by atoms with Crippen LogP contribution >= 0.6 is 63.7 Å². The molecule has 0 amide bonds. The fourth-order valence-corrected chi connectivity index (χ4v) is 7.80. The van der Waals surface area contributed by atoms with Gasteiger partial charge in [0, 0.05) is 19.3 Å². The van der Waals surface area contributed by atoms with Crippen LogP contribution in [-0.4, -0.2) is 19.3 Å². The third-order valence-corrected chi connectivity index (χ3v) is 10.7. The smallest absolute Gasteiger partial charge is 0.0308 e. The zero-order valence-electron chi connectivity index (χ0n) is 7.54. The first-order valence-corrected chi connectivity index (χ1v) is 8.85. The molecule has 0 saturated heterocycles. The van der Waals surface area contributed by atoms with Crippen LogP contribution in [0.4, 0.5) is 0 Å². The van der Waals surface area contributed by atoms with Gasteiger partial charge in [0.2, 0.25) is 0 Å². The van der Waals surface area contributed by atoms with E-state index in [4.69, 9.17) is 0 Å².